The van der Waals surface area contributed by atoms with Gasteiger partial charge in [0.25, 0.3) is 0 Å². The van der Waals surface area contributed by atoms with Crippen LogP contribution < -0.4 is 5.32 Å². The van der Waals surface area contributed by atoms with Gasteiger partial charge in [-0.25, -0.2) is 0 Å². The Morgan fingerprint density at radius 1 is 1.35 bits per heavy atom. The third kappa shape index (κ3) is 4.78. The molecule has 0 aromatic carbocycles. The Morgan fingerprint density at radius 3 is 3.06 bits per heavy atom. The van der Waals surface area contributed by atoms with E-state index in [1.807, 2.05) is 0 Å². The smallest absolute Gasteiger partial charge is 0.0826 e. The molecule has 0 bridgehead atoms. The summed E-state index contributed by atoms with van der Waals surface area (Å²) in [4.78, 5) is 2.48. The van der Waals surface area contributed by atoms with Crippen molar-refractivity contribution in [1.29, 1.82) is 0 Å². The van der Waals surface area contributed by atoms with Crippen LogP contribution in [0.1, 0.15) is 26.2 Å². The summed E-state index contributed by atoms with van der Waals surface area (Å²) in [5.41, 5.74) is 0. The molecule has 0 amide bonds. The van der Waals surface area contributed by atoms with E-state index in [1.165, 1.54) is 25.0 Å². The van der Waals surface area contributed by atoms with Crippen LogP contribution in [0.25, 0.3) is 0 Å². The zero-order chi connectivity index (χ0) is 11.9. The van der Waals surface area contributed by atoms with Gasteiger partial charge in [0.1, 0.15) is 0 Å². The van der Waals surface area contributed by atoms with Crippen LogP contribution in [0, 0.1) is 0 Å². The molecule has 2 heterocycles. The first kappa shape index (κ1) is 13.7. The molecule has 2 rings (SSSR count). The number of hydrogen-bond donors (Lipinski definition) is 1. The summed E-state index contributed by atoms with van der Waals surface area (Å²) in [5, 5.41) is 4.44. The van der Waals surface area contributed by atoms with Crippen molar-refractivity contribution in [3.63, 3.8) is 0 Å². The molecular weight excluding hydrogens is 232 g/mol. The van der Waals surface area contributed by atoms with Crippen molar-refractivity contribution < 1.29 is 4.74 Å². The molecule has 2 aliphatic rings. The number of hydrogen-bond acceptors (Lipinski definition) is 4. The van der Waals surface area contributed by atoms with Gasteiger partial charge in [-0.2, -0.15) is 11.8 Å². The van der Waals surface area contributed by atoms with Crippen molar-refractivity contribution in [2.24, 2.45) is 0 Å². The van der Waals surface area contributed by atoms with Gasteiger partial charge < -0.3 is 10.1 Å². The topological polar surface area (TPSA) is 24.5 Å². The SMILES string of the molecule is CCN1CCOC(CNCC2CCCCS2)C1. The molecule has 0 aromatic rings. The van der Waals surface area contributed by atoms with E-state index in [0.717, 1.165) is 44.6 Å². The average molecular weight is 258 g/mol. The van der Waals surface area contributed by atoms with E-state index in [-0.39, 0.29) is 0 Å². The first-order valence-corrected chi connectivity index (χ1v) is 8.09. The van der Waals surface area contributed by atoms with Gasteiger partial charge in [-0.1, -0.05) is 13.3 Å². The fraction of sp³-hybridized carbons (Fsp3) is 1.00. The first-order chi connectivity index (χ1) is 8.38. The number of thioether (sulfide) groups is 1. The van der Waals surface area contributed by atoms with E-state index in [1.54, 1.807) is 0 Å². The van der Waals surface area contributed by atoms with Crippen molar-refractivity contribution in [1.82, 2.24) is 10.2 Å². The lowest BCUT2D eigenvalue weighted by molar-refractivity contribution is -0.0251. The van der Waals surface area contributed by atoms with Crippen LogP contribution in [0.3, 0.4) is 0 Å². The Morgan fingerprint density at radius 2 is 2.29 bits per heavy atom. The molecule has 3 nitrogen and oxygen atoms in total. The molecule has 100 valence electrons. The maximum absolute atomic E-state index is 5.79. The molecule has 0 aromatic heterocycles. The summed E-state index contributed by atoms with van der Waals surface area (Å²) in [5.74, 6) is 1.36. The molecule has 4 heteroatoms. The highest BCUT2D eigenvalue weighted by atomic mass is 32.2. The van der Waals surface area contributed by atoms with Gasteiger partial charge in [-0.3, -0.25) is 4.90 Å². The predicted octanol–water partition coefficient (Wildman–Crippen LogP) is 1.58. The van der Waals surface area contributed by atoms with Crippen LogP contribution in [0.15, 0.2) is 0 Å². The van der Waals surface area contributed by atoms with Gasteiger partial charge in [-0.15, -0.1) is 0 Å². The fourth-order valence-corrected chi connectivity index (χ4v) is 3.84. The molecule has 2 atom stereocenters. The van der Waals surface area contributed by atoms with Gasteiger partial charge in [0.15, 0.2) is 0 Å². The highest BCUT2D eigenvalue weighted by Crippen LogP contribution is 2.24. The van der Waals surface area contributed by atoms with Crippen LogP contribution >= 0.6 is 11.8 Å². The van der Waals surface area contributed by atoms with Gasteiger partial charge >= 0.3 is 0 Å². The van der Waals surface area contributed by atoms with Crippen LogP contribution in [0.2, 0.25) is 0 Å². The molecule has 2 saturated heterocycles. The number of likely N-dealkylation sites (N-methyl/N-ethyl adjacent to an activating group) is 1. The maximum atomic E-state index is 5.79. The van der Waals surface area contributed by atoms with Crippen molar-refractivity contribution in [3.05, 3.63) is 0 Å². The third-order valence-electron chi connectivity index (χ3n) is 3.69. The van der Waals surface area contributed by atoms with E-state index < -0.39 is 0 Å². The second kappa shape index (κ2) is 7.62. The first-order valence-electron chi connectivity index (χ1n) is 7.04. The lowest BCUT2D eigenvalue weighted by Gasteiger charge is -2.32. The number of rotatable bonds is 5. The molecule has 1 N–H and O–H groups in total. The minimum atomic E-state index is 0.400. The minimum Gasteiger partial charge on any atom is -0.374 e. The van der Waals surface area contributed by atoms with Crippen molar-refractivity contribution in [3.8, 4) is 0 Å². The predicted molar refractivity (Wildman–Crippen MR) is 74.8 cm³/mol. The Bertz CT molecular complexity index is 210. The summed E-state index contributed by atoms with van der Waals surface area (Å²) in [6, 6.07) is 0. The molecule has 0 saturated carbocycles. The summed E-state index contributed by atoms with van der Waals surface area (Å²) >= 11 is 2.14. The van der Waals surface area contributed by atoms with E-state index in [0.29, 0.717) is 6.10 Å². The highest BCUT2D eigenvalue weighted by molar-refractivity contribution is 7.99. The molecule has 2 aliphatic heterocycles. The Hall–Kier alpha value is 0.230. The van der Waals surface area contributed by atoms with E-state index in [2.05, 4.69) is 28.9 Å². The Balaban J connectivity index is 1.57. The standard InChI is InChI=1S/C13H26N2OS/c1-2-15-6-7-16-12(11-15)9-14-10-13-5-3-4-8-17-13/h12-14H,2-11H2,1H3. The second-order valence-corrected chi connectivity index (χ2v) is 6.44. The molecule has 2 fully saturated rings. The van der Waals surface area contributed by atoms with E-state index in [9.17, 15) is 0 Å². The summed E-state index contributed by atoms with van der Waals surface area (Å²) in [6.07, 6.45) is 4.63. The monoisotopic (exact) mass is 258 g/mol. The Kier molecular flexibility index (Phi) is 6.12. The lowest BCUT2D eigenvalue weighted by Crippen LogP contribution is -2.47. The highest BCUT2D eigenvalue weighted by Gasteiger charge is 2.19. The Labute approximate surface area is 110 Å². The van der Waals surface area contributed by atoms with Crippen LogP contribution in [-0.4, -0.2) is 61.3 Å². The largest absolute Gasteiger partial charge is 0.374 e. The zero-order valence-electron chi connectivity index (χ0n) is 11.0. The van der Waals surface area contributed by atoms with E-state index >= 15 is 0 Å². The van der Waals surface area contributed by atoms with Crippen LogP contribution in [0.5, 0.6) is 0 Å². The fourth-order valence-electron chi connectivity index (χ4n) is 2.56. The molecule has 0 aliphatic carbocycles. The minimum absolute atomic E-state index is 0.400. The van der Waals surface area contributed by atoms with Gasteiger partial charge in [0.05, 0.1) is 12.7 Å². The lowest BCUT2D eigenvalue weighted by atomic mass is 10.2. The number of nitrogens with one attached hydrogen (secondary N) is 1. The van der Waals surface area contributed by atoms with Crippen LogP contribution in [-0.2, 0) is 4.74 Å². The van der Waals surface area contributed by atoms with Crippen LogP contribution in [0.4, 0.5) is 0 Å². The maximum Gasteiger partial charge on any atom is 0.0826 e. The average Bonchev–Trinajstić information content (AvgIpc) is 2.40. The molecule has 2 unspecified atom stereocenters. The van der Waals surface area contributed by atoms with Gasteiger partial charge in [0.2, 0.25) is 0 Å². The van der Waals surface area contributed by atoms with Gasteiger partial charge in [-0.05, 0) is 25.1 Å². The normalized spacial score (nSPS) is 31.6. The van der Waals surface area contributed by atoms with Gasteiger partial charge in [0, 0.05) is 31.4 Å². The third-order valence-corrected chi connectivity index (χ3v) is 5.09. The second-order valence-electron chi connectivity index (χ2n) is 5.03. The van der Waals surface area contributed by atoms with Crippen molar-refractivity contribution in [2.75, 3.05) is 45.1 Å². The zero-order valence-corrected chi connectivity index (χ0v) is 11.8. The molecular formula is C13H26N2OS. The summed E-state index contributed by atoms with van der Waals surface area (Å²) in [7, 11) is 0. The number of ether oxygens (including phenoxy) is 1. The molecule has 0 radical (unpaired) electrons. The van der Waals surface area contributed by atoms with Crippen molar-refractivity contribution in [2.45, 2.75) is 37.5 Å². The van der Waals surface area contributed by atoms with E-state index in [4.69, 9.17) is 4.74 Å². The summed E-state index contributed by atoms with van der Waals surface area (Å²) in [6.45, 7) is 8.67. The number of morpholine rings is 1. The van der Waals surface area contributed by atoms with Crippen molar-refractivity contribution >= 4 is 11.8 Å². The molecule has 0 spiro atoms. The quantitative estimate of drug-likeness (QED) is 0.809. The molecule has 17 heavy (non-hydrogen) atoms. The summed E-state index contributed by atoms with van der Waals surface area (Å²) < 4.78 is 5.79. The number of nitrogens with zero attached hydrogens (tertiary/aromatic N) is 1.